The van der Waals surface area contributed by atoms with Gasteiger partial charge >= 0.3 is 5.97 Å². The maximum absolute atomic E-state index is 12.5. The molecule has 1 amide bonds. The van der Waals surface area contributed by atoms with Crippen LogP contribution >= 0.6 is 23.4 Å². The van der Waals surface area contributed by atoms with Crippen molar-refractivity contribution in [3.8, 4) is 0 Å². The number of hydrogen-bond donors (Lipinski definition) is 0. The van der Waals surface area contributed by atoms with Crippen LogP contribution in [0.5, 0.6) is 0 Å². The lowest BCUT2D eigenvalue weighted by molar-refractivity contribution is -0.152. The quantitative estimate of drug-likeness (QED) is 0.616. The van der Waals surface area contributed by atoms with E-state index in [1.54, 1.807) is 0 Å². The molecule has 1 aliphatic heterocycles. The summed E-state index contributed by atoms with van der Waals surface area (Å²) in [5.41, 5.74) is 0.738. The molecule has 4 nitrogen and oxygen atoms in total. The van der Waals surface area contributed by atoms with Gasteiger partial charge in [-0.3, -0.25) is 4.79 Å². The summed E-state index contributed by atoms with van der Waals surface area (Å²) in [7, 11) is 0. The molecule has 2 rings (SSSR count). The maximum Gasteiger partial charge on any atom is 0.329 e. The van der Waals surface area contributed by atoms with Crippen LogP contribution in [0.4, 0.5) is 0 Å². The van der Waals surface area contributed by atoms with Crippen LogP contribution in [0.15, 0.2) is 30.3 Å². The maximum atomic E-state index is 12.5. The first kappa shape index (κ1) is 16.2. The van der Waals surface area contributed by atoms with Crippen LogP contribution in [0.3, 0.4) is 0 Å². The number of rotatable bonds is 5. The number of halogens is 1. The topological polar surface area (TPSA) is 46.6 Å². The molecule has 1 fully saturated rings. The average Bonchev–Trinajstić information content (AvgIpc) is 3.01. The van der Waals surface area contributed by atoms with Gasteiger partial charge in [0.25, 0.3) is 0 Å². The van der Waals surface area contributed by atoms with Crippen molar-refractivity contribution in [1.82, 2.24) is 4.90 Å². The zero-order valence-electron chi connectivity index (χ0n) is 11.8. The minimum Gasteiger partial charge on any atom is -0.464 e. The zero-order chi connectivity index (χ0) is 15.2. The van der Waals surface area contributed by atoms with Crippen molar-refractivity contribution in [3.05, 3.63) is 35.9 Å². The first-order valence-electron chi connectivity index (χ1n) is 6.89. The smallest absolute Gasteiger partial charge is 0.329 e. The van der Waals surface area contributed by atoms with E-state index >= 15 is 0 Å². The van der Waals surface area contributed by atoms with E-state index < -0.39 is 11.4 Å². The van der Waals surface area contributed by atoms with Crippen LogP contribution in [0, 0.1) is 0 Å². The van der Waals surface area contributed by atoms with Gasteiger partial charge in [-0.15, -0.1) is 23.4 Å². The molecule has 0 aromatic heterocycles. The van der Waals surface area contributed by atoms with Crippen LogP contribution in [0.2, 0.25) is 0 Å². The summed E-state index contributed by atoms with van der Waals surface area (Å²) < 4.78 is 5.15. The molecule has 0 aliphatic carbocycles. The molecule has 0 bridgehead atoms. The van der Waals surface area contributed by atoms with Gasteiger partial charge in [0.1, 0.15) is 11.4 Å². The monoisotopic (exact) mass is 327 g/mol. The molecule has 0 radical (unpaired) electrons. The SMILES string of the molecule is CCCOC(=O)[C@H]1CSCN1C(=O)[C@H](Cl)c1ccccc1. The molecule has 1 aromatic carbocycles. The molecule has 0 spiro atoms. The number of amides is 1. The number of carbonyl (C=O) groups excluding carboxylic acids is 2. The number of ether oxygens (including phenoxy) is 1. The highest BCUT2D eigenvalue weighted by Gasteiger charge is 2.38. The van der Waals surface area contributed by atoms with Gasteiger partial charge in [0.15, 0.2) is 0 Å². The van der Waals surface area contributed by atoms with Crippen molar-refractivity contribution >= 4 is 35.2 Å². The van der Waals surface area contributed by atoms with Crippen molar-refractivity contribution in [2.45, 2.75) is 24.8 Å². The Kier molecular flexibility index (Phi) is 5.94. The predicted octanol–water partition coefficient (Wildman–Crippen LogP) is 2.82. The summed E-state index contributed by atoms with van der Waals surface area (Å²) in [5, 5.41) is -0.772. The standard InChI is InChI=1S/C15H18ClNO3S/c1-2-8-20-15(19)12-9-21-10-17(12)14(18)13(16)11-6-4-3-5-7-11/h3-7,12-13H,2,8-10H2,1H3/t12-,13-/m1/s1. The Balaban J connectivity index is 2.05. The van der Waals surface area contributed by atoms with Crippen LogP contribution < -0.4 is 0 Å². The number of alkyl halides is 1. The Morgan fingerprint density at radius 1 is 1.43 bits per heavy atom. The Labute approximate surface area is 133 Å². The van der Waals surface area contributed by atoms with Gasteiger partial charge < -0.3 is 9.64 Å². The van der Waals surface area contributed by atoms with E-state index in [0.717, 1.165) is 12.0 Å². The molecule has 1 aromatic rings. The van der Waals surface area contributed by atoms with E-state index in [1.165, 1.54) is 16.7 Å². The number of esters is 1. The molecule has 21 heavy (non-hydrogen) atoms. The second kappa shape index (κ2) is 7.71. The molecule has 0 N–H and O–H groups in total. The molecule has 1 heterocycles. The molecule has 1 aliphatic rings. The van der Waals surface area contributed by atoms with E-state index in [4.69, 9.17) is 16.3 Å². The van der Waals surface area contributed by atoms with Crippen molar-refractivity contribution in [3.63, 3.8) is 0 Å². The minimum absolute atomic E-state index is 0.244. The summed E-state index contributed by atoms with van der Waals surface area (Å²) in [4.78, 5) is 26.0. The normalized spacial score (nSPS) is 19.3. The van der Waals surface area contributed by atoms with Gasteiger partial charge in [0.2, 0.25) is 5.91 Å². The van der Waals surface area contributed by atoms with E-state index in [-0.39, 0.29) is 11.9 Å². The zero-order valence-corrected chi connectivity index (χ0v) is 13.4. The lowest BCUT2D eigenvalue weighted by Crippen LogP contribution is -2.44. The molecule has 6 heteroatoms. The van der Waals surface area contributed by atoms with Gasteiger partial charge in [-0.1, -0.05) is 37.3 Å². The predicted molar refractivity (Wildman–Crippen MR) is 84.2 cm³/mol. The summed E-state index contributed by atoms with van der Waals surface area (Å²) >= 11 is 7.80. The van der Waals surface area contributed by atoms with Crippen LogP contribution in [-0.2, 0) is 14.3 Å². The Hall–Kier alpha value is -1.20. The van der Waals surface area contributed by atoms with Gasteiger partial charge in [-0.25, -0.2) is 4.79 Å². The summed E-state index contributed by atoms with van der Waals surface area (Å²) in [5.74, 6) is 0.450. The third-order valence-corrected chi connectivity index (χ3v) is 4.65. The third-order valence-electron chi connectivity index (χ3n) is 3.19. The highest BCUT2D eigenvalue weighted by molar-refractivity contribution is 7.99. The van der Waals surface area contributed by atoms with Crippen LogP contribution in [0.1, 0.15) is 24.3 Å². The number of hydrogen-bond acceptors (Lipinski definition) is 4. The average molecular weight is 328 g/mol. The number of nitrogens with zero attached hydrogens (tertiary/aromatic N) is 1. The Morgan fingerprint density at radius 3 is 2.81 bits per heavy atom. The Morgan fingerprint density at radius 2 is 2.14 bits per heavy atom. The molecule has 1 saturated heterocycles. The summed E-state index contributed by atoms with van der Waals surface area (Å²) in [6.45, 7) is 2.31. The fraction of sp³-hybridized carbons (Fsp3) is 0.467. The van der Waals surface area contributed by atoms with Gasteiger partial charge in [-0.2, -0.15) is 0 Å². The van der Waals surface area contributed by atoms with Crippen molar-refractivity contribution < 1.29 is 14.3 Å². The van der Waals surface area contributed by atoms with E-state index in [2.05, 4.69) is 0 Å². The van der Waals surface area contributed by atoms with Gasteiger partial charge in [0.05, 0.1) is 12.5 Å². The van der Waals surface area contributed by atoms with Crippen LogP contribution in [0.25, 0.3) is 0 Å². The van der Waals surface area contributed by atoms with Crippen LogP contribution in [-0.4, -0.2) is 41.1 Å². The summed E-state index contributed by atoms with van der Waals surface area (Å²) in [6, 6.07) is 8.63. The first-order valence-corrected chi connectivity index (χ1v) is 8.48. The number of thioether (sulfide) groups is 1. The first-order chi connectivity index (χ1) is 10.1. The van der Waals surface area contributed by atoms with E-state index in [0.29, 0.717) is 18.2 Å². The Bertz CT molecular complexity index is 497. The van der Waals surface area contributed by atoms with Crippen molar-refractivity contribution in [1.29, 1.82) is 0 Å². The molecule has 2 atom stereocenters. The lowest BCUT2D eigenvalue weighted by atomic mass is 10.1. The highest BCUT2D eigenvalue weighted by Crippen LogP contribution is 2.29. The largest absolute Gasteiger partial charge is 0.464 e. The third kappa shape index (κ3) is 3.92. The second-order valence-electron chi connectivity index (χ2n) is 4.76. The van der Waals surface area contributed by atoms with Crippen molar-refractivity contribution in [2.24, 2.45) is 0 Å². The molecular weight excluding hydrogens is 310 g/mol. The molecule has 0 unspecified atom stereocenters. The second-order valence-corrected chi connectivity index (χ2v) is 6.20. The minimum atomic E-state index is -0.772. The molecular formula is C15H18ClNO3S. The van der Waals surface area contributed by atoms with E-state index in [1.807, 2.05) is 37.3 Å². The van der Waals surface area contributed by atoms with E-state index in [9.17, 15) is 9.59 Å². The summed E-state index contributed by atoms with van der Waals surface area (Å²) in [6.07, 6.45) is 0.766. The lowest BCUT2D eigenvalue weighted by Gasteiger charge is -2.24. The number of benzene rings is 1. The fourth-order valence-corrected chi connectivity index (χ4v) is 3.48. The highest BCUT2D eigenvalue weighted by atomic mass is 35.5. The fourth-order valence-electron chi connectivity index (χ4n) is 2.06. The molecule has 0 saturated carbocycles. The molecule has 114 valence electrons. The van der Waals surface area contributed by atoms with Crippen molar-refractivity contribution in [2.75, 3.05) is 18.2 Å². The van der Waals surface area contributed by atoms with Gasteiger partial charge in [-0.05, 0) is 12.0 Å². The number of carbonyl (C=O) groups is 2. The van der Waals surface area contributed by atoms with Gasteiger partial charge in [0, 0.05) is 5.75 Å².